The van der Waals surface area contributed by atoms with Crippen molar-refractivity contribution in [2.24, 2.45) is 0 Å². The smallest absolute Gasteiger partial charge is 0.254 e. The van der Waals surface area contributed by atoms with Crippen LogP contribution in [0.15, 0.2) is 42.5 Å². The molecule has 3 atom stereocenters. The lowest BCUT2D eigenvalue weighted by Crippen LogP contribution is -2.47. The van der Waals surface area contributed by atoms with E-state index < -0.39 is 12.0 Å². The summed E-state index contributed by atoms with van der Waals surface area (Å²) in [5.41, 5.74) is 2.17. The van der Waals surface area contributed by atoms with Gasteiger partial charge in [0.25, 0.3) is 5.91 Å². The van der Waals surface area contributed by atoms with Gasteiger partial charge in [-0.2, -0.15) is 0 Å². The first-order valence-corrected chi connectivity index (χ1v) is 11.6. The monoisotopic (exact) mass is 451 g/mol. The number of carbonyl (C=O) groups is 2. The molecule has 1 N–H and O–H groups in total. The van der Waals surface area contributed by atoms with Gasteiger partial charge in [0.1, 0.15) is 0 Å². The maximum Gasteiger partial charge on any atom is 0.254 e. The average molecular weight is 452 g/mol. The number of fused-ring (bicyclic) bond motifs is 1. The maximum absolute atomic E-state index is 13.7. The molecule has 2 aliphatic heterocycles. The number of methoxy groups -OCH3 is 2. The van der Waals surface area contributed by atoms with Crippen molar-refractivity contribution in [3.05, 3.63) is 59.2 Å². The highest BCUT2D eigenvalue weighted by Gasteiger charge is 2.43. The number of likely N-dealkylation sites (N-methyl/N-ethyl adjacent to an activating group) is 2. The molecule has 0 aliphatic carbocycles. The molecule has 1 saturated heterocycles. The third-order valence-corrected chi connectivity index (χ3v) is 7.03. The van der Waals surface area contributed by atoms with Gasteiger partial charge in [0.2, 0.25) is 5.91 Å². The minimum atomic E-state index is -0.529. The second kappa shape index (κ2) is 9.83. The quantitative estimate of drug-likeness (QED) is 0.700. The van der Waals surface area contributed by atoms with Crippen molar-refractivity contribution < 1.29 is 19.1 Å². The fourth-order valence-electron chi connectivity index (χ4n) is 5.28. The van der Waals surface area contributed by atoms with E-state index in [-0.39, 0.29) is 11.8 Å². The Bertz CT molecular complexity index is 1020. The fraction of sp³-hybridized carbons (Fsp3) is 0.462. The summed E-state index contributed by atoms with van der Waals surface area (Å²) in [6.07, 6.45) is 2.25. The Morgan fingerprint density at radius 1 is 1.12 bits per heavy atom. The molecule has 0 radical (unpaired) electrons. The lowest BCUT2D eigenvalue weighted by molar-refractivity contribution is -0.124. The molecule has 7 heteroatoms. The molecular weight excluding hydrogens is 418 g/mol. The zero-order valence-corrected chi connectivity index (χ0v) is 19.8. The molecule has 7 nitrogen and oxygen atoms in total. The van der Waals surface area contributed by atoms with Crippen molar-refractivity contribution in [3.8, 4) is 11.5 Å². The van der Waals surface area contributed by atoms with Gasteiger partial charge in [-0.15, -0.1) is 0 Å². The Hall–Kier alpha value is -3.06. The minimum Gasteiger partial charge on any atom is -0.493 e. The van der Waals surface area contributed by atoms with Crippen molar-refractivity contribution in [2.45, 2.75) is 37.8 Å². The number of nitrogens with zero attached hydrogens (tertiary/aromatic N) is 2. The molecule has 176 valence electrons. The van der Waals surface area contributed by atoms with Gasteiger partial charge in [0.15, 0.2) is 11.5 Å². The molecular formula is C26H33N3O4. The summed E-state index contributed by atoms with van der Waals surface area (Å²) in [6.45, 7) is 4.83. The number of carbonyl (C=O) groups excluding carboxylic acids is 2. The lowest BCUT2D eigenvalue weighted by atomic mass is 9.79. The van der Waals surface area contributed by atoms with Crippen LogP contribution in [0.4, 0.5) is 0 Å². The van der Waals surface area contributed by atoms with Crippen LogP contribution >= 0.6 is 0 Å². The van der Waals surface area contributed by atoms with Crippen molar-refractivity contribution in [1.82, 2.24) is 15.1 Å². The molecule has 2 amide bonds. The van der Waals surface area contributed by atoms with Gasteiger partial charge in [-0.25, -0.2) is 0 Å². The van der Waals surface area contributed by atoms with Crippen LogP contribution in [0.2, 0.25) is 0 Å². The van der Waals surface area contributed by atoms with Crippen molar-refractivity contribution in [2.75, 3.05) is 40.9 Å². The Balaban J connectivity index is 1.70. The molecule has 1 fully saturated rings. The molecule has 2 aliphatic rings. The summed E-state index contributed by atoms with van der Waals surface area (Å²) in [7, 11) is 4.93. The first kappa shape index (κ1) is 23.1. The second-order valence-corrected chi connectivity index (χ2v) is 8.71. The third-order valence-electron chi connectivity index (χ3n) is 7.03. The molecule has 4 rings (SSSR count). The topological polar surface area (TPSA) is 71.1 Å². The van der Waals surface area contributed by atoms with Gasteiger partial charge in [-0.05, 0) is 55.3 Å². The first-order valence-electron chi connectivity index (χ1n) is 11.6. The second-order valence-electron chi connectivity index (χ2n) is 8.71. The number of nitrogens with one attached hydrogen (secondary N) is 1. The van der Waals surface area contributed by atoms with Crippen LogP contribution in [-0.4, -0.2) is 68.6 Å². The summed E-state index contributed by atoms with van der Waals surface area (Å²) < 4.78 is 10.9. The Morgan fingerprint density at radius 2 is 1.88 bits per heavy atom. The summed E-state index contributed by atoms with van der Waals surface area (Å²) >= 11 is 0. The molecule has 0 spiro atoms. The summed E-state index contributed by atoms with van der Waals surface area (Å²) in [4.78, 5) is 31.0. The highest BCUT2D eigenvalue weighted by atomic mass is 16.5. The number of hydrogen-bond acceptors (Lipinski definition) is 5. The van der Waals surface area contributed by atoms with Gasteiger partial charge in [0, 0.05) is 25.2 Å². The maximum atomic E-state index is 13.7. The number of ether oxygens (including phenoxy) is 2. The molecule has 0 aromatic heterocycles. The van der Waals surface area contributed by atoms with Crippen LogP contribution in [0, 0.1) is 0 Å². The highest BCUT2D eigenvalue weighted by molar-refractivity contribution is 6.01. The van der Waals surface area contributed by atoms with Gasteiger partial charge in [-0.1, -0.05) is 31.2 Å². The molecule has 2 heterocycles. The largest absolute Gasteiger partial charge is 0.493 e. The summed E-state index contributed by atoms with van der Waals surface area (Å²) in [5.74, 6) is 0.483. The number of benzene rings is 2. The molecule has 3 unspecified atom stereocenters. The van der Waals surface area contributed by atoms with E-state index in [2.05, 4.69) is 17.1 Å². The predicted octanol–water partition coefficient (Wildman–Crippen LogP) is 3.21. The molecule has 33 heavy (non-hydrogen) atoms. The van der Waals surface area contributed by atoms with Crippen molar-refractivity contribution >= 4 is 11.8 Å². The minimum absolute atomic E-state index is 0.0652. The van der Waals surface area contributed by atoms with Gasteiger partial charge in [-0.3, -0.25) is 14.5 Å². The van der Waals surface area contributed by atoms with E-state index in [0.29, 0.717) is 29.6 Å². The molecule has 2 aromatic rings. The molecule has 0 bridgehead atoms. The van der Waals surface area contributed by atoms with Crippen LogP contribution in [-0.2, 0) is 4.79 Å². The average Bonchev–Trinajstić information content (AvgIpc) is 3.31. The predicted molar refractivity (Wildman–Crippen MR) is 127 cm³/mol. The summed E-state index contributed by atoms with van der Waals surface area (Å²) in [6, 6.07) is 12.9. The van der Waals surface area contributed by atoms with E-state index >= 15 is 0 Å². The van der Waals surface area contributed by atoms with Gasteiger partial charge < -0.3 is 19.7 Å². The normalized spacial score (nSPS) is 22.7. The van der Waals surface area contributed by atoms with E-state index in [4.69, 9.17) is 9.47 Å². The van der Waals surface area contributed by atoms with E-state index in [1.54, 1.807) is 32.2 Å². The van der Waals surface area contributed by atoms with E-state index in [9.17, 15) is 9.59 Å². The third kappa shape index (κ3) is 4.29. The van der Waals surface area contributed by atoms with Gasteiger partial charge >= 0.3 is 0 Å². The van der Waals surface area contributed by atoms with E-state index in [1.165, 1.54) is 0 Å². The lowest BCUT2D eigenvalue weighted by Gasteiger charge is -2.40. The Kier molecular flexibility index (Phi) is 6.88. The summed E-state index contributed by atoms with van der Waals surface area (Å²) in [5, 5.41) is 3.21. The number of hydrogen-bond donors (Lipinski definition) is 1. The Labute approximate surface area is 195 Å². The fourth-order valence-corrected chi connectivity index (χ4v) is 5.28. The van der Waals surface area contributed by atoms with E-state index in [1.807, 2.05) is 36.4 Å². The first-order chi connectivity index (χ1) is 16.0. The van der Waals surface area contributed by atoms with Crippen LogP contribution in [0.25, 0.3) is 0 Å². The SMILES string of the molecule is CCN1CCCC1CNC(=O)C1c2ccccc2C(=O)N(C)C1c1ccc(OC)c(OC)c1. The van der Waals surface area contributed by atoms with Crippen molar-refractivity contribution in [3.63, 3.8) is 0 Å². The van der Waals surface area contributed by atoms with Crippen LogP contribution in [0.3, 0.4) is 0 Å². The highest BCUT2D eigenvalue weighted by Crippen LogP contribution is 2.44. The van der Waals surface area contributed by atoms with Crippen molar-refractivity contribution in [1.29, 1.82) is 0 Å². The molecule has 2 aromatic carbocycles. The number of amides is 2. The number of rotatable bonds is 7. The molecule has 0 saturated carbocycles. The number of likely N-dealkylation sites (tertiary alicyclic amines) is 1. The zero-order chi connectivity index (χ0) is 23.5. The Morgan fingerprint density at radius 3 is 2.61 bits per heavy atom. The zero-order valence-electron chi connectivity index (χ0n) is 19.8. The van der Waals surface area contributed by atoms with Crippen LogP contribution in [0.5, 0.6) is 11.5 Å². The van der Waals surface area contributed by atoms with Crippen LogP contribution < -0.4 is 14.8 Å². The standard InChI is InChI=1S/C26H33N3O4/c1-5-29-14-8-9-18(29)16-27-25(30)23-19-10-6-7-11-20(19)26(31)28(2)24(23)17-12-13-21(32-3)22(15-17)33-4/h6-7,10-13,15,18,23-24H,5,8-9,14,16H2,1-4H3,(H,27,30). The van der Waals surface area contributed by atoms with Crippen LogP contribution in [0.1, 0.15) is 53.2 Å². The van der Waals surface area contributed by atoms with Gasteiger partial charge in [0.05, 0.1) is 26.2 Å². The van der Waals surface area contributed by atoms with E-state index in [0.717, 1.165) is 37.1 Å².